The fourth-order valence-electron chi connectivity index (χ4n) is 4.60. The van der Waals surface area contributed by atoms with Gasteiger partial charge >= 0.3 is 6.11 Å². The van der Waals surface area contributed by atoms with Crippen molar-refractivity contribution < 1.29 is 39.9 Å². The summed E-state index contributed by atoms with van der Waals surface area (Å²) in [6, 6.07) is 15.0. The lowest BCUT2D eigenvalue weighted by Crippen LogP contribution is -2.22. The molecule has 0 radical (unpaired) electrons. The van der Waals surface area contributed by atoms with E-state index in [1.807, 2.05) is 19.1 Å². The molecule has 210 valence electrons. The third kappa shape index (κ3) is 5.49. The maximum atomic E-state index is 15.0. The molecule has 0 amide bonds. The SMILES string of the molecule is CCCc1ccc(-c2ccc(-c3c(F)cc(C(F)(F)Oc4ccc5c(F)c(F)c(F)cc5c4)cc3F)c(F)c2)cc1. The lowest BCUT2D eigenvalue weighted by molar-refractivity contribution is -0.185. The van der Waals surface area contributed by atoms with Crippen LogP contribution in [0, 0.1) is 34.9 Å². The molecule has 5 rings (SSSR count). The summed E-state index contributed by atoms with van der Waals surface area (Å²) in [5, 5.41) is -0.666. The topological polar surface area (TPSA) is 9.23 Å². The Morgan fingerprint density at radius 1 is 0.634 bits per heavy atom. The van der Waals surface area contributed by atoms with Crippen LogP contribution >= 0.6 is 0 Å². The Labute approximate surface area is 229 Å². The highest BCUT2D eigenvalue weighted by Gasteiger charge is 2.37. The second-order valence-electron chi connectivity index (χ2n) is 9.44. The predicted molar refractivity (Wildman–Crippen MR) is 140 cm³/mol. The molecule has 0 fully saturated rings. The Bertz CT molecular complexity index is 1740. The zero-order valence-electron chi connectivity index (χ0n) is 21.4. The van der Waals surface area contributed by atoms with Crippen molar-refractivity contribution >= 4 is 10.8 Å². The van der Waals surface area contributed by atoms with Crippen LogP contribution in [0.4, 0.5) is 35.1 Å². The molecule has 0 atom stereocenters. The van der Waals surface area contributed by atoms with Crippen LogP contribution in [-0.4, -0.2) is 0 Å². The van der Waals surface area contributed by atoms with E-state index in [-0.39, 0.29) is 10.8 Å². The first-order valence-electron chi connectivity index (χ1n) is 12.5. The molecule has 0 unspecified atom stereocenters. The number of halogens is 8. The minimum absolute atomic E-state index is 0.279. The second-order valence-corrected chi connectivity index (χ2v) is 9.44. The molecule has 5 aromatic carbocycles. The Morgan fingerprint density at radius 2 is 1.29 bits per heavy atom. The van der Waals surface area contributed by atoms with Crippen molar-refractivity contribution in [1.29, 1.82) is 0 Å². The highest BCUT2D eigenvalue weighted by Crippen LogP contribution is 2.38. The molecular formula is C32H20F8O. The van der Waals surface area contributed by atoms with Crippen molar-refractivity contribution in [2.45, 2.75) is 25.9 Å². The Morgan fingerprint density at radius 3 is 1.93 bits per heavy atom. The van der Waals surface area contributed by atoms with Crippen molar-refractivity contribution in [2.75, 3.05) is 0 Å². The van der Waals surface area contributed by atoms with Crippen molar-refractivity contribution in [3.63, 3.8) is 0 Å². The lowest BCUT2D eigenvalue weighted by Gasteiger charge is -2.20. The molecule has 0 spiro atoms. The van der Waals surface area contributed by atoms with Gasteiger partial charge in [0, 0.05) is 10.9 Å². The molecule has 1 nitrogen and oxygen atoms in total. The van der Waals surface area contributed by atoms with Gasteiger partial charge in [0.15, 0.2) is 17.5 Å². The molecule has 0 bridgehead atoms. The molecule has 0 N–H and O–H groups in total. The molecule has 9 heteroatoms. The van der Waals surface area contributed by atoms with Crippen molar-refractivity contribution in [2.24, 2.45) is 0 Å². The van der Waals surface area contributed by atoms with Gasteiger partial charge < -0.3 is 4.74 Å². The zero-order chi connectivity index (χ0) is 29.5. The number of alkyl halides is 2. The molecule has 0 heterocycles. The summed E-state index contributed by atoms with van der Waals surface area (Å²) in [7, 11) is 0. The molecule has 0 aliphatic rings. The van der Waals surface area contributed by atoms with E-state index in [4.69, 9.17) is 0 Å². The third-order valence-electron chi connectivity index (χ3n) is 6.63. The smallest absolute Gasteiger partial charge is 0.426 e. The van der Waals surface area contributed by atoms with Crippen LogP contribution in [0.3, 0.4) is 0 Å². The van der Waals surface area contributed by atoms with E-state index in [0.29, 0.717) is 29.3 Å². The van der Waals surface area contributed by atoms with Crippen LogP contribution in [0.5, 0.6) is 5.75 Å². The maximum Gasteiger partial charge on any atom is 0.426 e. The van der Waals surface area contributed by atoms with E-state index in [1.165, 1.54) is 6.07 Å². The van der Waals surface area contributed by atoms with Crippen molar-refractivity contribution in [1.82, 2.24) is 0 Å². The van der Waals surface area contributed by atoms with Crippen molar-refractivity contribution in [3.05, 3.63) is 125 Å². The molecular weight excluding hydrogens is 552 g/mol. The van der Waals surface area contributed by atoms with Gasteiger partial charge in [-0.05, 0) is 71.0 Å². The van der Waals surface area contributed by atoms with Crippen LogP contribution < -0.4 is 4.74 Å². The Kier molecular flexibility index (Phi) is 7.46. The fourth-order valence-corrected chi connectivity index (χ4v) is 4.60. The van der Waals surface area contributed by atoms with E-state index < -0.39 is 63.5 Å². The number of ether oxygens (including phenoxy) is 1. The summed E-state index contributed by atoms with van der Waals surface area (Å²) in [5.74, 6) is -9.27. The summed E-state index contributed by atoms with van der Waals surface area (Å²) in [5.41, 5.74) is -0.273. The number of benzene rings is 5. The standard InChI is InChI=1S/C32H20F8O/c1-2-3-17-4-6-18(7-5-17)19-8-10-24(25(33)13-19)29-26(34)15-21(16-27(29)35)32(39,40)41-22-9-11-23-20(12-22)14-28(36)31(38)30(23)37/h4-16H,2-3H2,1H3. The van der Waals surface area contributed by atoms with Gasteiger partial charge in [-0.3, -0.25) is 0 Å². The van der Waals surface area contributed by atoms with Gasteiger partial charge in [0.25, 0.3) is 0 Å². The lowest BCUT2D eigenvalue weighted by atomic mass is 9.97. The normalized spacial score (nSPS) is 11.7. The average molecular weight is 572 g/mol. The largest absolute Gasteiger partial charge is 0.429 e. The monoisotopic (exact) mass is 572 g/mol. The van der Waals surface area contributed by atoms with Crippen molar-refractivity contribution in [3.8, 4) is 28.0 Å². The second kappa shape index (κ2) is 10.9. The van der Waals surface area contributed by atoms with E-state index in [2.05, 4.69) is 4.74 Å². The maximum absolute atomic E-state index is 15.0. The first kappa shape index (κ1) is 28.1. The highest BCUT2D eigenvalue weighted by molar-refractivity contribution is 5.84. The molecule has 0 aliphatic heterocycles. The summed E-state index contributed by atoms with van der Waals surface area (Å²) in [4.78, 5) is 0. The number of hydrogen-bond acceptors (Lipinski definition) is 1. The predicted octanol–water partition coefficient (Wildman–Crippen LogP) is 10.1. The Balaban J connectivity index is 1.43. The van der Waals surface area contributed by atoms with E-state index in [1.54, 1.807) is 12.1 Å². The van der Waals surface area contributed by atoms with Gasteiger partial charge in [0.2, 0.25) is 0 Å². The highest BCUT2D eigenvalue weighted by atomic mass is 19.3. The van der Waals surface area contributed by atoms with E-state index in [0.717, 1.165) is 48.7 Å². The molecule has 0 aromatic heterocycles. The number of fused-ring (bicyclic) bond motifs is 1. The number of aryl methyl sites for hydroxylation is 1. The van der Waals surface area contributed by atoms with Gasteiger partial charge in [-0.1, -0.05) is 49.7 Å². The van der Waals surface area contributed by atoms with Crippen LogP contribution in [0.1, 0.15) is 24.5 Å². The minimum Gasteiger partial charge on any atom is -0.429 e. The van der Waals surface area contributed by atoms with E-state index in [9.17, 15) is 22.0 Å². The Hall–Kier alpha value is -4.40. The molecule has 0 saturated carbocycles. The molecule has 5 aromatic rings. The van der Waals surface area contributed by atoms with Gasteiger partial charge in [-0.15, -0.1) is 0 Å². The first-order chi connectivity index (χ1) is 19.5. The van der Waals surface area contributed by atoms with Gasteiger partial charge in [0.1, 0.15) is 23.2 Å². The van der Waals surface area contributed by atoms with E-state index >= 15 is 13.2 Å². The molecule has 0 aliphatic carbocycles. The summed E-state index contributed by atoms with van der Waals surface area (Å²) in [6.45, 7) is 2.04. The minimum atomic E-state index is -4.31. The first-order valence-corrected chi connectivity index (χ1v) is 12.5. The number of hydrogen-bond donors (Lipinski definition) is 0. The average Bonchev–Trinajstić information content (AvgIpc) is 2.92. The third-order valence-corrected chi connectivity index (χ3v) is 6.63. The molecule has 0 saturated heterocycles. The van der Waals surface area contributed by atoms with Crippen LogP contribution in [0.2, 0.25) is 0 Å². The summed E-state index contributed by atoms with van der Waals surface area (Å²) < 4.78 is 120. The fraction of sp³-hybridized carbons (Fsp3) is 0.125. The quantitative estimate of drug-likeness (QED) is 0.139. The van der Waals surface area contributed by atoms with Crippen LogP contribution in [0.25, 0.3) is 33.0 Å². The molecule has 41 heavy (non-hydrogen) atoms. The summed E-state index contributed by atoms with van der Waals surface area (Å²) in [6.07, 6.45) is -2.46. The van der Waals surface area contributed by atoms with Crippen LogP contribution in [-0.2, 0) is 12.5 Å². The van der Waals surface area contributed by atoms with Gasteiger partial charge in [-0.2, -0.15) is 8.78 Å². The van der Waals surface area contributed by atoms with Gasteiger partial charge in [-0.25, -0.2) is 26.3 Å². The zero-order valence-corrected chi connectivity index (χ0v) is 21.4. The van der Waals surface area contributed by atoms with Crippen LogP contribution in [0.15, 0.2) is 78.9 Å². The summed E-state index contributed by atoms with van der Waals surface area (Å²) >= 11 is 0. The number of rotatable bonds is 7. The van der Waals surface area contributed by atoms with Gasteiger partial charge in [0.05, 0.1) is 11.1 Å².